The zero-order valence-electron chi connectivity index (χ0n) is 15.0. The standard InChI is InChI=1S/C21H18ClN3OS/c1-12-3-8-16(9-13(12)2)25-10-18(26)19(20(25)23)21-24-17(11-27-21)14-4-6-15(22)7-5-14/h3-9,11,23,26H,10H2,1-2H3. The fraction of sp³-hybridized carbons (Fsp3) is 0.143. The molecule has 0 radical (unpaired) electrons. The second kappa shape index (κ2) is 6.83. The number of rotatable bonds is 3. The van der Waals surface area contributed by atoms with Crippen LogP contribution in [0.5, 0.6) is 0 Å². The third-order valence-corrected chi connectivity index (χ3v) is 5.88. The molecule has 0 saturated carbocycles. The largest absolute Gasteiger partial charge is 0.510 e. The number of aliphatic hydroxyl groups is 1. The first-order valence-electron chi connectivity index (χ1n) is 8.51. The molecule has 6 heteroatoms. The number of hydrogen-bond acceptors (Lipinski definition) is 4. The minimum absolute atomic E-state index is 0.176. The zero-order valence-corrected chi connectivity index (χ0v) is 16.5. The zero-order chi connectivity index (χ0) is 19.1. The summed E-state index contributed by atoms with van der Waals surface area (Å²) < 4.78 is 0. The number of amidine groups is 1. The number of halogens is 1. The van der Waals surface area contributed by atoms with Crippen LogP contribution < -0.4 is 4.90 Å². The summed E-state index contributed by atoms with van der Waals surface area (Å²) in [5.74, 6) is 0.447. The van der Waals surface area contributed by atoms with Gasteiger partial charge < -0.3 is 10.0 Å². The number of aromatic nitrogens is 1. The Bertz CT molecular complexity index is 1070. The maximum atomic E-state index is 10.5. The molecule has 2 heterocycles. The lowest BCUT2D eigenvalue weighted by molar-refractivity contribution is 0.411. The van der Waals surface area contributed by atoms with Gasteiger partial charge in [0.05, 0.1) is 17.8 Å². The number of thiazole rings is 1. The lowest BCUT2D eigenvalue weighted by Gasteiger charge is -2.19. The van der Waals surface area contributed by atoms with Gasteiger partial charge in [0.2, 0.25) is 0 Å². The number of hydrogen-bond donors (Lipinski definition) is 2. The summed E-state index contributed by atoms with van der Waals surface area (Å²) in [6.45, 7) is 4.39. The van der Waals surface area contributed by atoms with E-state index in [4.69, 9.17) is 17.0 Å². The molecule has 3 aromatic rings. The van der Waals surface area contributed by atoms with Crippen LogP contribution in [0.15, 0.2) is 53.6 Å². The summed E-state index contributed by atoms with van der Waals surface area (Å²) in [6.07, 6.45) is 0. The van der Waals surface area contributed by atoms with Gasteiger partial charge in [-0.25, -0.2) is 4.98 Å². The van der Waals surface area contributed by atoms with Gasteiger partial charge in [-0.2, -0.15) is 0 Å². The van der Waals surface area contributed by atoms with Crippen molar-refractivity contribution in [2.24, 2.45) is 0 Å². The summed E-state index contributed by atoms with van der Waals surface area (Å²) in [5, 5.41) is 22.4. The minimum Gasteiger partial charge on any atom is -0.510 e. The van der Waals surface area contributed by atoms with E-state index in [1.54, 1.807) is 4.90 Å². The Kier molecular flexibility index (Phi) is 4.50. The van der Waals surface area contributed by atoms with Crippen LogP contribution in [0.1, 0.15) is 16.1 Å². The lowest BCUT2D eigenvalue weighted by atomic mass is 10.1. The molecule has 2 N–H and O–H groups in total. The summed E-state index contributed by atoms with van der Waals surface area (Å²) in [6, 6.07) is 13.5. The third-order valence-electron chi connectivity index (χ3n) is 4.76. The quantitative estimate of drug-likeness (QED) is 0.585. The molecule has 4 rings (SSSR count). The van der Waals surface area contributed by atoms with Crippen LogP contribution in [0.4, 0.5) is 5.69 Å². The Labute approximate surface area is 166 Å². The maximum absolute atomic E-state index is 10.5. The van der Waals surface area contributed by atoms with Crippen LogP contribution in [0.25, 0.3) is 16.8 Å². The Balaban J connectivity index is 1.64. The molecule has 0 bridgehead atoms. The number of aliphatic hydroxyl groups excluding tert-OH is 1. The van der Waals surface area contributed by atoms with Gasteiger partial charge in [0.25, 0.3) is 0 Å². The van der Waals surface area contributed by atoms with Crippen molar-refractivity contribution < 1.29 is 5.11 Å². The van der Waals surface area contributed by atoms with E-state index in [0.717, 1.165) is 22.5 Å². The average Bonchev–Trinajstić information content (AvgIpc) is 3.22. The van der Waals surface area contributed by atoms with Crippen molar-refractivity contribution in [2.75, 3.05) is 11.4 Å². The highest BCUT2D eigenvalue weighted by Crippen LogP contribution is 2.35. The van der Waals surface area contributed by atoms with Crippen molar-refractivity contribution in [1.29, 1.82) is 5.41 Å². The second-order valence-electron chi connectivity index (χ2n) is 6.57. The highest BCUT2D eigenvalue weighted by molar-refractivity contribution is 7.11. The van der Waals surface area contributed by atoms with E-state index in [1.165, 1.54) is 16.9 Å². The van der Waals surface area contributed by atoms with E-state index in [2.05, 4.69) is 11.9 Å². The minimum atomic E-state index is 0.176. The van der Waals surface area contributed by atoms with E-state index >= 15 is 0 Å². The summed E-state index contributed by atoms with van der Waals surface area (Å²) in [5.41, 5.74) is 5.53. The molecule has 0 atom stereocenters. The Morgan fingerprint density at radius 1 is 1.11 bits per heavy atom. The van der Waals surface area contributed by atoms with Crippen molar-refractivity contribution in [3.63, 3.8) is 0 Å². The highest BCUT2D eigenvalue weighted by Gasteiger charge is 2.31. The second-order valence-corrected chi connectivity index (χ2v) is 7.86. The maximum Gasteiger partial charge on any atom is 0.139 e. The SMILES string of the molecule is Cc1ccc(N2CC(O)=C(c3nc(-c4ccc(Cl)cc4)cs3)C2=N)cc1C. The molecule has 1 aliphatic rings. The van der Waals surface area contributed by atoms with Crippen molar-refractivity contribution in [2.45, 2.75) is 13.8 Å². The number of nitrogens with one attached hydrogen (secondary N) is 1. The van der Waals surface area contributed by atoms with Crippen molar-refractivity contribution in [3.05, 3.63) is 74.8 Å². The van der Waals surface area contributed by atoms with Crippen LogP contribution >= 0.6 is 22.9 Å². The normalized spacial score (nSPS) is 14.3. The van der Waals surface area contributed by atoms with Gasteiger partial charge in [0, 0.05) is 21.7 Å². The molecule has 0 fully saturated rings. The Morgan fingerprint density at radius 2 is 1.85 bits per heavy atom. The summed E-state index contributed by atoms with van der Waals surface area (Å²) in [7, 11) is 0. The smallest absolute Gasteiger partial charge is 0.139 e. The molecular weight excluding hydrogens is 378 g/mol. The molecule has 27 heavy (non-hydrogen) atoms. The number of benzene rings is 2. The fourth-order valence-electron chi connectivity index (χ4n) is 3.06. The molecule has 2 aromatic carbocycles. The third kappa shape index (κ3) is 3.24. The van der Waals surface area contributed by atoms with E-state index in [0.29, 0.717) is 15.6 Å². The van der Waals surface area contributed by atoms with Crippen LogP contribution in [0.2, 0.25) is 5.02 Å². The van der Waals surface area contributed by atoms with Gasteiger partial charge in [0.15, 0.2) is 0 Å². The lowest BCUT2D eigenvalue weighted by Crippen LogP contribution is -2.26. The molecule has 4 nitrogen and oxygen atoms in total. The van der Waals surface area contributed by atoms with Crippen LogP contribution in [-0.4, -0.2) is 22.5 Å². The predicted octanol–water partition coefficient (Wildman–Crippen LogP) is 5.85. The van der Waals surface area contributed by atoms with Gasteiger partial charge >= 0.3 is 0 Å². The summed E-state index contributed by atoms with van der Waals surface area (Å²) in [4.78, 5) is 6.45. The molecule has 1 aromatic heterocycles. The van der Waals surface area contributed by atoms with Crippen molar-refractivity contribution in [1.82, 2.24) is 4.98 Å². The number of aryl methyl sites for hydroxylation is 2. The molecule has 0 aliphatic carbocycles. The van der Waals surface area contributed by atoms with E-state index in [1.807, 2.05) is 54.8 Å². The highest BCUT2D eigenvalue weighted by atomic mass is 35.5. The van der Waals surface area contributed by atoms with E-state index in [-0.39, 0.29) is 18.1 Å². The molecule has 1 aliphatic heterocycles. The van der Waals surface area contributed by atoms with E-state index in [9.17, 15) is 5.11 Å². The van der Waals surface area contributed by atoms with Crippen LogP contribution in [0.3, 0.4) is 0 Å². The predicted molar refractivity (Wildman–Crippen MR) is 113 cm³/mol. The van der Waals surface area contributed by atoms with Gasteiger partial charge in [-0.3, -0.25) is 5.41 Å². The van der Waals surface area contributed by atoms with Gasteiger partial charge in [-0.05, 0) is 49.2 Å². The first-order valence-corrected chi connectivity index (χ1v) is 9.77. The van der Waals surface area contributed by atoms with Crippen LogP contribution in [-0.2, 0) is 0 Å². The first kappa shape index (κ1) is 17.8. The van der Waals surface area contributed by atoms with Crippen molar-refractivity contribution in [3.8, 4) is 11.3 Å². The van der Waals surface area contributed by atoms with Crippen molar-refractivity contribution >= 4 is 40.0 Å². The molecule has 0 amide bonds. The topological polar surface area (TPSA) is 60.2 Å². The van der Waals surface area contributed by atoms with Gasteiger partial charge in [-0.15, -0.1) is 11.3 Å². The molecule has 0 spiro atoms. The number of anilines is 1. The average molecular weight is 396 g/mol. The Hall–Kier alpha value is -2.63. The molecule has 0 unspecified atom stereocenters. The van der Waals surface area contributed by atoms with Crippen LogP contribution in [0, 0.1) is 19.3 Å². The first-order chi connectivity index (χ1) is 12.9. The fourth-order valence-corrected chi connectivity index (χ4v) is 4.08. The molecule has 136 valence electrons. The molecule has 0 saturated heterocycles. The van der Waals surface area contributed by atoms with Gasteiger partial charge in [-0.1, -0.05) is 29.8 Å². The summed E-state index contributed by atoms with van der Waals surface area (Å²) >= 11 is 7.38. The monoisotopic (exact) mass is 395 g/mol. The van der Waals surface area contributed by atoms with E-state index < -0.39 is 0 Å². The Morgan fingerprint density at radius 3 is 2.56 bits per heavy atom. The molecular formula is C21H18ClN3OS. The number of nitrogens with zero attached hydrogens (tertiary/aromatic N) is 2. The van der Waals surface area contributed by atoms with Gasteiger partial charge in [0.1, 0.15) is 16.6 Å².